The summed E-state index contributed by atoms with van der Waals surface area (Å²) >= 11 is 0. The summed E-state index contributed by atoms with van der Waals surface area (Å²) in [6, 6.07) is 0. The van der Waals surface area contributed by atoms with E-state index in [9.17, 15) is 8.78 Å². The highest BCUT2D eigenvalue weighted by Crippen LogP contribution is 2.54. The minimum absolute atomic E-state index is 0.0833. The second kappa shape index (κ2) is 2.43. The molecule has 1 saturated carbocycles. The van der Waals surface area contributed by atoms with E-state index in [1.54, 1.807) is 6.92 Å². The molecule has 0 aromatic heterocycles. The lowest BCUT2D eigenvalue weighted by molar-refractivity contribution is -0.111. The highest BCUT2D eigenvalue weighted by molar-refractivity contribution is 4.96. The highest BCUT2D eigenvalue weighted by atomic mass is 19.3. The Morgan fingerprint density at radius 2 is 1.73 bits per heavy atom. The number of halogens is 2. The topological polar surface area (TPSA) is 0 Å². The molecule has 0 amide bonds. The molecule has 0 aromatic carbocycles. The molecule has 0 N–H and O–H groups in total. The number of hydrogen-bond donors (Lipinski definition) is 0. The predicted molar refractivity (Wildman–Crippen MR) is 41.7 cm³/mol. The largest absolute Gasteiger partial charge is 0.253 e. The zero-order valence-corrected chi connectivity index (χ0v) is 7.45. The van der Waals surface area contributed by atoms with Crippen LogP contribution < -0.4 is 0 Å². The Bertz CT molecular complexity index is 152. The molecule has 0 spiro atoms. The van der Waals surface area contributed by atoms with Crippen molar-refractivity contribution < 1.29 is 8.78 Å². The van der Waals surface area contributed by atoms with Crippen molar-refractivity contribution in [1.82, 2.24) is 0 Å². The van der Waals surface area contributed by atoms with Gasteiger partial charge in [0.1, 0.15) is 0 Å². The van der Waals surface area contributed by atoms with Gasteiger partial charge in [0.15, 0.2) is 0 Å². The van der Waals surface area contributed by atoms with Gasteiger partial charge in [0.2, 0.25) is 0 Å². The molecule has 11 heavy (non-hydrogen) atoms. The summed E-state index contributed by atoms with van der Waals surface area (Å²) in [7, 11) is 0. The standard InChI is InChI=1S/C9H16F2/c1-7(2)8(3)5-4-6-9(8,10)11/h7H,4-6H2,1-3H3/t8-/m0/s1. The van der Waals surface area contributed by atoms with Gasteiger partial charge in [0.25, 0.3) is 5.92 Å². The van der Waals surface area contributed by atoms with Crippen LogP contribution in [0.15, 0.2) is 0 Å². The van der Waals surface area contributed by atoms with Crippen molar-refractivity contribution in [3.63, 3.8) is 0 Å². The number of alkyl halides is 2. The fraction of sp³-hybridized carbons (Fsp3) is 1.00. The van der Waals surface area contributed by atoms with Crippen LogP contribution in [-0.2, 0) is 0 Å². The first-order chi connectivity index (χ1) is 4.90. The van der Waals surface area contributed by atoms with Gasteiger partial charge in [-0.1, -0.05) is 20.8 Å². The lowest BCUT2D eigenvalue weighted by Gasteiger charge is -2.34. The van der Waals surface area contributed by atoms with Crippen LogP contribution >= 0.6 is 0 Å². The van der Waals surface area contributed by atoms with Crippen LogP contribution in [-0.4, -0.2) is 5.92 Å². The molecule has 1 fully saturated rings. The van der Waals surface area contributed by atoms with E-state index in [0.29, 0.717) is 12.8 Å². The Labute approximate surface area is 67.0 Å². The van der Waals surface area contributed by atoms with E-state index in [2.05, 4.69) is 0 Å². The molecule has 0 aromatic rings. The molecule has 0 bridgehead atoms. The Hall–Kier alpha value is -0.140. The van der Waals surface area contributed by atoms with Crippen molar-refractivity contribution in [2.24, 2.45) is 11.3 Å². The summed E-state index contributed by atoms with van der Waals surface area (Å²) < 4.78 is 26.5. The monoisotopic (exact) mass is 162 g/mol. The van der Waals surface area contributed by atoms with Gasteiger partial charge in [-0.2, -0.15) is 0 Å². The fourth-order valence-corrected chi connectivity index (χ4v) is 1.86. The summed E-state index contributed by atoms with van der Waals surface area (Å²) in [5, 5.41) is 0. The van der Waals surface area contributed by atoms with Gasteiger partial charge in [-0.3, -0.25) is 0 Å². The van der Waals surface area contributed by atoms with Crippen molar-refractivity contribution in [2.75, 3.05) is 0 Å². The molecule has 1 aliphatic carbocycles. The van der Waals surface area contributed by atoms with Gasteiger partial charge < -0.3 is 0 Å². The third kappa shape index (κ3) is 1.17. The fourth-order valence-electron chi connectivity index (χ4n) is 1.86. The zero-order chi connectivity index (χ0) is 8.70. The Balaban J connectivity index is 2.84. The molecule has 1 atom stereocenters. The lowest BCUT2D eigenvalue weighted by Crippen LogP contribution is -2.37. The normalized spacial score (nSPS) is 36.5. The van der Waals surface area contributed by atoms with E-state index in [0.717, 1.165) is 0 Å². The van der Waals surface area contributed by atoms with Crippen molar-refractivity contribution in [1.29, 1.82) is 0 Å². The molecule has 0 saturated heterocycles. The van der Waals surface area contributed by atoms with Crippen LogP contribution in [0.2, 0.25) is 0 Å². The summed E-state index contributed by atoms with van der Waals surface area (Å²) in [6.45, 7) is 5.49. The average molecular weight is 162 g/mol. The van der Waals surface area contributed by atoms with Gasteiger partial charge >= 0.3 is 0 Å². The maximum atomic E-state index is 13.2. The van der Waals surface area contributed by atoms with Gasteiger partial charge in [0.05, 0.1) is 0 Å². The maximum absolute atomic E-state index is 13.2. The van der Waals surface area contributed by atoms with Crippen molar-refractivity contribution in [3.05, 3.63) is 0 Å². The third-order valence-corrected chi connectivity index (χ3v) is 3.30. The molecule has 2 heteroatoms. The first-order valence-corrected chi connectivity index (χ1v) is 4.28. The highest BCUT2D eigenvalue weighted by Gasteiger charge is 2.54. The van der Waals surface area contributed by atoms with Crippen molar-refractivity contribution >= 4 is 0 Å². The Morgan fingerprint density at radius 3 is 1.91 bits per heavy atom. The molecule has 1 aliphatic rings. The van der Waals surface area contributed by atoms with E-state index in [4.69, 9.17) is 0 Å². The second-order valence-electron chi connectivity index (χ2n) is 4.13. The molecule has 0 nitrogen and oxygen atoms in total. The van der Waals surface area contributed by atoms with E-state index in [-0.39, 0.29) is 12.3 Å². The van der Waals surface area contributed by atoms with Crippen LogP contribution in [0.4, 0.5) is 8.78 Å². The minimum Gasteiger partial charge on any atom is -0.206 e. The molecule has 1 rings (SSSR count). The van der Waals surface area contributed by atoms with Crippen molar-refractivity contribution in [2.45, 2.75) is 46.0 Å². The first-order valence-electron chi connectivity index (χ1n) is 4.28. The van der Waals surface area contributed by atoms with Crippen LogP contribution in [0.25, 0.3) is 0 Å². The molecular weight excluding hydrogens is 146 g/mol. The smallest absolute Gasteiger partial charge is 0.206 e. The number of rotatable bonds is 1. The maximum Gasteiger partial charge on any atom is 0.253 e. The summed E-state index contributed by atoms with van der Waals surface area (Å²) in [5.41, 5.74) is -0.743. The molecular formula is C9H16F2. The van der Waals surface area contributed by atoms with E-state index < -0.39 is 11.3 Å². The SMILES string of the molecule is CC(C)[C@]1(C)CCCC1(F)F. The third-order valence-electron chi connectivity index (χ3n) is 3.30. The van der Waals surface area contributed by atoms with Crippen molar-refractivity contribution in [3.8, 4) is 0 Å². The quantitative estimate of drug-likeness (QED) is 0.553. The zero-order valence-electron chi connectivity index (χ0n) is 7.45. The predicted octanol–water partition coefficient (Wildman–Crippen LogP) is 3.47. The van der Waals surface area contributed by atoms with Gasteiger partial charge in [-0.15, -0.1) is 0 Å². The van der Waals surface area contributed by atoms with Gasteiger partial charge in [-0.25, -0.2) is 8.78 Å². The van der Waals surface area contributed by atoms with Gasteiger partial charge in [-0.05, 0) is 18.8 Å². The summed E-state index contributed by atoms with van der Waals surface area (Å²) in [6.07, 6.45) is 1.45. The van der Waals surface area contributed by atoms with E-state index in [1.807, 2.05) is 13.8 Å². The van der Waals surface area contributed by atoms with Crippen LogP contribution in [0.3, 0.4) is 0 Å². The molecule has 0 radical (unpaired) electrons. The van der Waals surface area contributed by atoms with Crippen LogP contribution in [0, 0.1) is 11.3 Å². The summed E-state index contributed by atoms with van der Waals surface area (Å²) in [5.74, 6) is -2.35. The number of hydrogen-bond acceptors (Lipinski definition) is 0. The second-order valence-corrected chi connectivity index (χ2v) is 4.13. The Morgan fingerprint density at radius 1 is 1.18 bits per heavy atom. The average Bonchev–Trinajstić information content (AvgIpc) is 2.09. The van der Waals surface area contributed by atoms with Crippen LogP contribution in [0.5, 0.6) is 0 Å². The summed E-state index contributed by atoms with van der Waals surface area (Å²) in [4.78, 5) is 0. The minimum atomic E-state index is -2.43. The first kappa shape index (κ1) is 8.95. The van der Waals surface area contributed by atoms with E-state index >= 15 is 0 Å². The molecule has 0 unspecified atom stereocenters. The molecule has 66 valence electrons. The van der Waals surface area contributed by atoms with Crippen LogP contribution in [0.1, 0.15) is 40.0 Å². The van der Waals surface area contributed by atoms with Gasteiger partial charge in [0, 0.05) is 11.8 Å². The van der Waals surface area contributed by atoms with E-state index in [1.165, 1.54) is 0 Å². The molecule has 0 heterocycles. The molecule has 0 aliphatic heterocycles. The lowest BCUT2D eigenvalue weighted by atomic mass is 9.75. The Kier molecular flexibility index (Phi) is 1.97.